The molecule has 0 aromatic heterocycles. The number of piperidine rings is 1. The first-order valence-corrected chi connectivity index (χ1v) is 10.2. The number of hydrogen-bond acceptors (Lipinski definition) is 7. The van der Waals surface area contributed by atoms with Gasteiger partial charge in [0.05, 0.1) is 23.7 Å². The molecule has 2 atom stereocenters. The third kappa shape index (κ3) is 4.41. The van der Waals surface area contributed by atoms with Crippen molar-refractivity contribution in [1.82, 2.24) is 4.90 Å². The molecule has 9 nitrogen and oxygen atoms in total. The van der Waals surface area contributed by atoms with Crippen LogP contribution in [0, 0.1) is 16.0 Å². The fraction of sp³-hybridized carbons (Fsp3) is 0.409. The Balaban J connectivity index is 1.72. The van der Waals surface area contributed by atoms with E-state index >= 15 is 0 Å². The highest BCUT2D eigenvalue weighted by molar-refractivity contribution is 5.96. The lowest BCUT2D eigenvalue weighted by Gasteiger charge is -2.36. The molecule has 1 fully saturated rings. The number of carbonyl (C=O) groups excluding carboxylic acids is 1. The number of hydrogen-bond donors (Lipinski definition) is 1. The Kier molecular flexibility index (Phi) is 5.94. The molecule has 0 aliphatic carbocycles. The molecule has 0 radical (unpaired) electrons. The van der Waals surface area contributed by atoms with E-state index in [9.17, 15) is 14.9 Å². The zero-order chi connectivity index (χ0) is 22.0. The van der Waals surface area contributed by atoms with Gasteiger partial charge in [-0.3, -0.25) is 19.8 Å². The number of amides is 1. The Bertz CT molecular complexity index is 978. The van der Waals surface area contributed by atoms with Crippen molar-refractivity contribution in [3.05, 3.63) is 52.1 Å². The fourth-order valence-electron chi connectivity index (χ4n) is 4.17. The third-order valence-corrected chi connectivity index (χ3v) is 5.67. The molecular formula is C22H25N3O6. The fourth-order valence-corrected chi connectivity index (χ4v) is 4.17. The smallest absolute Gasteiger partial charge is 0.278 e. The van der Waals surface area contributed by atoms with Crippen molar-refractivity contribution in [1.29, 1.82) is 0 Å². The van der Waals surface area contributed by atoms with E-state index in [1.165, 1.54) is 6.07 Å². The van der Waals surface area contributed by atoms with Crippen LogP contribution in [0.3, 0.4) is 0 Å². The van der Waals surface area contributed by atoms with Crippen molar-refractivity contribution in [2.75, 3.05) is 32.3 Å². The van der Waals surface area contributed by atoms with Crippen molar-refractivity contribution in [2.24, 2.45) is 5.92 Å². The first-order chi connectivity index (χ1) is 15.0. The molecule has 2 aliphatic heterocycles. The van der Waals surface area contributed by atoms with Gasteiger partial charge in [0.1, 0.15) is 11.8 Å². The quantitative estimate of drug-likeness (QED) is 0.553. The van der Waals surface area contributed by atoms with Crippen LogP contribution in [0.15, 0.2) is 36.4 Å². The first kappa shape index (κ1) is 20.9. The number of nitrogens with one attached hydrogen (secondary N) is 1. The summed E-state index contributed by atoms with van der Waals surface area (Å²) in [7, 11) is 1.57. The Hall–Kier alpha value is -3.33. The van der Waals surface area contributed by atoms with Crippen molar-refractivity contribution < 1.29 is 23.9 Å². The SMILES string of the molecule is COc1ccc(NC(=O)[C@H](c2cc3c(cc2[N+](=O)[O-])OCO3)N2CCC[C@@H](C)C2)cc1. The Labute approximate surface area is 180 Å². The van der Waals surface area contributed by atoms with Gasteiger partial charge in [-0.1, -0.05) is 6.92 Å². The van der Waals surface area contributed by atoms with Gasteiger partial charge in [0.2, 0.25) is 12.7 Å². The summed E-state index contributed by atoms with van der Waals surface area (Å²) in [4.78, 5) is 26.9. The van der Waals surface area contributed by atoms with Gasteiger partial charge in [0.25, 0.3) is 5.69 Å². The van der Waals surface area contributed by atoms with Gasteiger partial charge >= 0.3 is 0 Å². The minimum atomic E-state index is -0.834. The van der Waals surface area contributed by atoms with Gasteiger partial charge in [0, 0.05) is 12.2 Å². The van der Waals surface area contributed by atoms with E-state index in [0.29, 0.717) is 47.5 Å². The number of fused-ring (bicyclic) bond motifs is 1. The number of carbonyl (C=O) groups is 1. The lowest BCUT2D eigenvalue weighted by Crippen LogP contribution is -2.43. The van der Waals surface area contributed by atoms with Gasteiger partial charge in [-0.05, 0) is 55.6 Å². The van der Waals surface area contributed by atoms with Gasteiger partial charge in [-0.15, -0.1) is 0 Å². The predicted octanol–water partition coefficient (Wildman–Crippen LogP) is 3.74. The van der Waals surface area contributed by atoms with Gasteiger partial charge < -0.3 is 19.5 Å². The second-order valence-corrected chi connectivity index (χ2v) is 7.88. The second-order valence-electron chi connectivity index (χ2n) is 7.88. The maximum absolute atomic E-state index is 13.5. The van der Waals surface area contributed by atoms with Gasteiger partial charge in [-0.25, -0.2) is 0 Å². The van der Waals surface area contributed by atoms with Crippen LogP contribution in [-0.2, 0) is 4.79 Å². The molecule has 164 valence electrons. The standard InChI is InChI=1S/C22H25N3O6/c1-14-4-3-9-24(12-14)21(22(26)23-15-5-7-16(29-2)8-6-15)17-10-19-20(31-13-30-19)11-18(17)25(27)28/h5-8,10-11,14,21H,3-4,9,12-13H2,1-2H3,(H,23,26)/t14-,21+/m1/s1. The van der Waals surface area contributed by atoms with Crippen LogP contribution in [0.2, 0.25) is 0 Å². The van der Waals surface area contributed by atoms with Crippen molar-refractivity contribution in [3.63, 3.8) is 0 Å². The number of ether oxygens (including phenoxy) is 3. The van der Waals surface area contributed by atoms with Crippen LogP contribution in [0.5, 0.6) is 17.2 Å². The Morgan fingerprint density at radius 1 is 1.26 bits per heavy atom. The highest BCUT2D eigenvalue weighted by atomic mass is 16.7. The minimum absolute atomic E-state index is 0.000595. The lowest BCUT2D eigenvalue weighted by atomic mass is 9.94. The second kappa shape index (κ2) is 8.81. The van der Waals surface area contributed by atoms with E-state index in [1.54, 1.807) is 37.4 Å². The van der Waals surface area contributed by atoms with E-state index in [-0.39, 0.29) is 18.4 Å². The number of benzene rings is 2. The molecule has 2 heterocycles. The zero-order valence-corrected chi connectivity index (χ0v) is 17.5. The molecule has 1 saturated heterocycles. The number of methoxy groups -OCH3 is 1. The maximum atomic E-state index is 13.5. The van der Waals surface area contributed by atoms with E-state index in [1.807, 2.05) is 4.90 Å². The monoisotopic (exact) mass is 427 g/mol. The number of nitrogens with zero attached hydrogens (tertiary/aromatic N) is 2. The van der Waals surface area contributed by atoms with E-state index in [0.717, 1.165) is 12.8 Å². The summed E-state index contributed by atoms with van der Waals surface area (Å²) < 4.78 is 15.9. The Morgan fingerprint density at radius 2 is 1.97 bits per heavy atom. The molecule has 4 rings (SSSR count). The van der Waals surface area contributed by atoms with Crippen LogP contribution >= 0.6 is 0 Å². The normalized spacial score (nSPS) is 19.0. The molecule has 31 heavy (non-hydrogen) atoms. The van der Waals surface area contributed by atoms with Crippen molar-refractivity contribution in [2.45, 2.75) is 25.8 Å². The average Bonchev–Trinajstić information content (AvgIpc) is 3.21. The molecule has 0 bridgehead atoms. The minimum Gasteiger partial charge on any atom is -0.497 e. The van der Waals surface area contributed by atoms with E-state index < -0.39 is 11.0 Å². The van der Waals surface area contributed by atoms with Crippen LogP contribution in [0.4, 0.5) is 11.4 Å². The van der Waals surface area contributed by atoms with Gasteiger partial charge in [0.15, 0.2) is 11.5 Å². The summed E-state index contributed by atoms with van der Waals surface area (Å²) in [6, 6.07) is 9.05. The summed E-state index contributed by atoms with van der Waals surface area (Å²) in [5, 5.41) is 14.8. The van der Waals surface area contributed by atoms with Crippen molar-refractivity contribution >= 4 is 17.3 Å². The average molecular weight is 427 g/mol. The lowest BCUT2D eigenvalue weighted by molar-refractivity contribution is -0.386. The van der Waals surface area contributed by atoms with Crippen LogP contribution in [0.25, 0.3) is 0 Å². The summed E-state index contributed by atoms with van der Waals surface area (Å²) in [6.07, 6.45) is 1.98. The Morgan fingerprint density at radius 3 is 2.61 bits per heavy atom. The highest BCUT2D eigenvalue weighted by Crippen LogP contribution is 2.42. The third-order valence-electron chi connectivity index (χ3n) is 5.67. The molecule has 2 aromatic rings. The summed E-state index contributed by atoms with van der Waals surface area (Å²) >= 11 is 0. The molecule has 9 heteroatoms. The largest absolute Gasteiger partial charge is 0.497 e. The molecule has 0 spiro atoms. The summed E-state index contributed by atoms with van der Waals surface area (Å²) in [6.45, 7) is 3.47. The first-order valence-electron chi connectivity index (χ1n) is 10.2. The molecule has 1 N–H and O–H groups in total. The van der Waals surface area contributed by atoms with Crippen LogP contribution in [-0.4, -0.2) is 42.7 Å². The molecule has 2 aliphatic rings. The molecule has 0 saturated carbocycles. The number of nitro groups is 1. The van der Waals surface area contributed by atoms with Crippen LogP contribution < -0.4 is 19.5 Å². The maximum Gasteiger partial charge on any atom is 0.278 e. The van der Waals surface area contributed by atoms with Crippen LogP contribution in [0.1, 0.15) is 31.4 Å². The van der Waals surface area contributed by atoms with E-state index in [2.05, 4.69) is 12.2 Å². The van der Waals surface area contributed by atoms with Gasteiger partial charge in [-0.2, -0.15) is 0 Å². The molecule has 0 unspecified atom stereocenters. The number of nitro benzene ring substituents is 1. The number of likely N-dealkylation sites (tertiary alicyclic amines) is 1. The zero-order valence-electron chi connectivity index (χ0n) is 17.5. The predicted molar refractivity (Wildman–Crippen MR) is 114 cm³/mol. The molecular weight excluding hydrogens is 402 g/mol. The van der Waals surface area contributed by atoms with E-state index in [4.69, 9.17) is 14.2 Å². The van der Waals surface area contributed by atoms with Crippen molar-refractivity contribution in [3.8, 4) is 17.2 Å². The highest BCUT2D eigenvalue weighted by Gasteiger charge is 2.37. The molecule has 2 aromatic carbocycles. The summed E-state index contributed by atoms with van der Waals surface area (Å²) in [5.74, 6) is 1.45. The summed E-state index contributed by atoms with van der Waals surface area (Å²) in [5.41, 5.74) is 0.732. The topological polar surface area (TPSA) is 103 Å². The number of anilines is 1. The molecule has 1 amide bonds. The number of rotatable bonds is 6.